The molecule has 0 bridgehead atoms. The quantitative estimate of drug-likeness (QED) is 0.941. The van der Waals surface area contributed by atoms with E-state index in [1.807, 2.05) is 11.0 Å². The van der Waals surface area contributed by atoms with Gasteiger partial charge >= 0.3 is 0 Å². The van der Waals surface area contributed by atoms with Crippen molar-refractivity contribution in [2.45, 2.75) is 38.6 Å². The molecule has 2 aromatic heterocycles. The molecule has 0 radical (unpaired) electrons. The van der Waals surface area contributed by atoms with Crippen molar-refractivity contribution in [1.82, 2.24) is 24.9 Å². The number of aryl methyl sites for hydroxylation is 1. The van der Waals surface area contributed by atoms with Gasteiger partial charge in [-0.15, -0.1) is 0 Å². The lowest BCUT2D eigenvalue weighted by atomic mass is 9.95. The minimum atomic E-state index is -0.0796. The normalized spacial score (nSPS) is 18.6. The third-order valence-electron chi connectivity index (χ3n) is 4.04. The van der Waals surface area contributed by atoms with Gasteiger partial charge < -0.3 is 4.90 Å². The number of hydrogen-bond donors (Lipinski definition) is 1. The summed E-state index contributed by atoms with van der Waals surface area (Å²) in [6.45, 7) is 4.26. The second-order valence-corrected chi connectivity index (χ2v) is 6.10. The van der Waals surface area contributed by atoms with Gasteiger partial charge in [0, 0.05) is 43.6 Å². The molecule has 0 unspecified atom stereocenters. The van der Waals surface area contributed by atoms with E-state index in [1.54, 1.807) is 17.1 Å². The molecule has 1 aliphatic rings. The predicted molar refractivity (Wildman–Crippen MR) is 84.0 cm³/mol. The standard InChI is InChI=1S/C15H20ClN5O/c1-2-7-21-10-12(16)14(19-21)15(22)20-8-3-4-11(9-20)13-5-6-17-18-13/h5-6,10-11H,2-4,7-9H2,1H3,(H,17,18)/t11-/m0/s1. The summed E-state index contributed by atoms with van der Waals surface area (Å²) in [4.78, 5) is 14.5. The number of nitrogens with one attached hydrogen (secondary N) is 1. The molecule has 22 heavy (non-hydrogen) atoms. The van der Waals surface area contributed by atoms with E-state index in [2.05, 4.69) is 22.2 Å². The van der Waals surface area contributed by atoms with Crippen LogP contribution in [0.4, 0.5) is 0 Å². The Kier molecular flexibility index (Phi) is 4.47. The Labute approximate surface area is 134 Å². The minimum absolute atomic E-state index is 0.0796. The molecule has 3 heterocycles. The molecule has 6 nitrogen and oxygen atoms in total. The summed E-state index contributed by atoms with van der Waals surface area (Å²) in [6, 6.07) is 1.97. The summed E-state index contributed by atoms with van der Waals surface area (Å²) in [5, 5.41) is 11.8. The first kappa shape index (κ1) is 15.1. The van der Waals surface area contributed by atoms with Gasteiger partial charge in [0.2, 0.25) is 0 Å². The van der Waals surface area contributed by atoms with Crippen LogP contribution < -0.4 is 0 Å². The zero-order valence-corrected chi connectivity index (χ0v) is 13.4. The fraction of sp³-hybridized carbons (Fsp3) is 0.533. The number of nitrogens with zero attached hydrogens (tertiary/aromatic N) is 4. The fourth-order valence-electron chi connectivity index (χ4n) is 2.94. The lowest BCUT2D eigenvalue weighted by Crippen LogP contribution is -2.39. The average Bonchev–Trinajstić information content (AvgIpc) is 3.17. The zero-order valence-electron chi connectivity index (χ0n) is 12.6. The van der Waals surface area contributed by atoms with Gasteiger partial charge in [0.1, 0.15) is 0 Å². The van der Waals surface area contributed by atoms with Crippen LogP contribution in [0, 0.1) is 0 Å². The first-order valence-electron chi connectivity index (χ1n) is 7.70. The average molecular weight is 322 g/mol. The number of carbonyl (C=O) groups excluding carboxylic acids is 1. The Bertz CT molecular complexity index is 636. The van der Waals surface area contributed by atoms with Crippen molar-refractivity contribution in [1.29, 1.82) is 0 Å². The number of H-pyrrole nitrogens is 1. The van der Waals surface area contributed by atoms with Crippen LogP contribution >= 0.6 is 11.6 Å². The van der Waals surface area contributed by atoms with Crippen molar-refractivity contribution in [3.8, 4) is 0 Å². The van der Waals surface area contributed by atoms with Gasteiger partial charge in [0.25, 0.3) is 5.91 Å². The molecule has 2 aromatic rings. The van der Waals surface area contributed by atoms with Crippen LogP contribution in [0.2, 0.25) is 5.02 Å². The number of carbonyl (C=O) groups is 1. The first-order chi connectivity index (χ1) is 10.7. The molecule has 7 heteroatoms. The van der Waals surface area contributed by atoms with E-state index < -0.39 is 0 Å². The number of rotatable bonds is 4. The number of piperidine rings is 1. The molecular weight excluding hydrogens is 302 g/mol. The monoisotopic (exact) mass is 321 g/mol. The molecular formula is C15H20ClN5O. The third kappa shape index (κ3) is 3.02. The van der Waals surface area contributed by atoms with Crippen molar-refractivity contribution in [2.75, 3.05) is 13.1 Å². The number of hydrogen-bond acceptors (Lipinski definition) is 3. The van der Waals surface area contributed by atoms with Gasteiger partial charge in [-0.25, -0.2) is 0 Å². The molecule has 1 fully saturated rings. The molecule has 118 valence electrons. The summed E-state index contributed by atoms with van der Waals surface area (Å²) >= 11 is 6.18. The lowest BCUT2D eigenvalue weighted by molar-refractivity contribution is 0.0699. The molecule has 1 amide bonds. The van der Waals surface area contributed by atoms with Crippen molar-refractivity contribution >= 4 is 17.5 Å². The number of aromatic nitrogens is 4. The number of aromatic amines is 1. The summed E-state index contributed by atoms with van der Waals surface area (Å²) in [5.41, 5.74) is 1.44. The highest BCUT2D eigenvalue weighted by atomic mass is 35.5. The summed E-state index contributed by atoms with van der Waals surface area (Å²) < 4.78 is 1.74. The molecule has 0 spiro atoms. The lowest BCUT2D eigenvalue weighted by Gasteiger charge is -2.31. The minimum Gasteiger partial charge on any atom is -0.337 e. The van der Waals surface area contributed by atoms with Crippen LogP contribution in [0.15, 0.2) is 18.5 Å². The van der Waals surface area contributed by atoms with Gasteiger partial charge in [-0.1, -0.05) is 18.5 Å². The molecule has 0 saturated carbocycles. The van der Waals surface area contributed by atoms with E-state index >= 15 is 0 Å². The van der Waals surface area contributed by atoms with Crippen LogP contribution in [0.1, 0.15) is 48.3 Å². The Hall–Kier alpha value is -1.82. The first-order valence-corrected chi connectivity index (χ1v) is 8.08. The molecule has 1 aliphatic heterocycles. The Balaban J connectivity index is 1.74. The van der Waals surface area contributed by atoms with E-state index in [4.69, 9.17) is 11.6 Å². The van der Waals surface area contributed by atoms with E-state index in [-0.39, 0.29) is 5.91 Å². The molecule has 1 atom stereocenters. The van der Waals surface area contributed by atoms with Gasteiger partial charge in [0.15, 0.2) is 5.69 Å². The second kappa shape index (κ2) is 6.52. The van der Waals surface area contributed by atoms with Crippen LogP contribution in [0.5, 0.6) is 0 Å². The largest absolute Gasteiger partial charge is 0.337 e. The van der Waals surface area contributed by atoms with Crippen molar-refractivity contribution in [2.24, 2.45) is 0 Å². The van der Waals surface area contributed by atoms with Gasteiger partial charge in [-0.3, -0.25) is 14.6 Å². The fourth-order valence-corrected chi connectivity index (χ4v) is 3.18. The Morgan fingerprint density at radius 3 is 3.14 bits per heavy atom. The van der Waals surface area contributed by atoms with Crippen molar-refractivity contribution < 1.29 is 4.79 Å². The zero-order chi connectivity index (χ0) is 15.5. The number of halogens is 1. The highest BCUT2D eigenvalue weighted by Crippen LogP contribution is 2.27. The maximum atomic E-state index is 12.7. The molecule has 1 N–H and O–H groups in total. The van der Waals surface area contributed by atoms with Crippen molar-refractivity contribution in [3.05, 3.63) is 34.9 Å². The van der Waals surface area contributed by atoms with Gasteiger partial charge in [-0.2, -0.15) is 10.2 Å². The highest BCUT2D eigenvalue weighted by Gasteiger charge is 2.28. The molecule has 1 saturated heterocycles. The van der Waals surface area contributed by atoms with E-state index in [1.165, 1.54) is 0 Å². The third-order valence-corrected chi connectivity index (χ3v) is 4.32. The SMILES string of the molecule is CCCn1cc(Cl)c(C(=O)N2CCC[C@H](c3ccn[nH]3)C2)n1. The summed E-state index contributed by atoms with van der Waals surface area (Å²) in [7, 11) is 0. The topological polar surface area (TPSA) is 66.8 Å². The van der Waals surface area contributed by atoms with E-state index in [0.717, 1.165) is 38.0 Å². The van der Waals surface area contributed by atoms with E-state index in [9.17, 15) is 4.79 Å². The van der Waals surface area contributed by atoms with Crippen LogP contribution in [-0.4, -0.2) is 43.9 Å². The smallest absolute Gasteiger partial charge is 0.275 e. The summed E-state index contributed by atoms with van der Waals surface area (Å²) in [5.74, 6) is 0.223. The number of amides is 1. The number of likely N-dealkylation sites (tertiary alicyclic amines) is 1. The Morgan fingerprint density at radius 2 is 2.41 bits per heavy atom. The predicted octanol–water partition coefficient (Wildman–Crippen LogP) is 2.69. The summed E-state index contributed by atoms with van der Waals surface area (Å²) in [6.07, 6.45) is 6.47. The maximum absolute atomic E-state index is 12.7. The van der Waals surface area contributed by atoms with Crippen LogP contribution in [-0.2, 0) is 6.54 Å². The molecule has 0 aliphatic carbocycles. The van der Waals surface area contributed by atoms with Crippen LogP contribution in [0.25, 0.3) is 0 Å². The Morgan fingerprint density at radius 1 is 1.55 bits per heavy atom. The molecule has 0 aromatic carbocycles. The van der Waals surface area contributed by atoms with E-state index in [0.29, 0.717) is 23.2 Å². The van der Waals surface area contributed by atoms with Crippen LogP contribution in [0.3, 0.4) is 0 Å². The maximum Gasteiger partial charge on any atom is 0.275 e. The van der Waals surface area contributed by atoms with Gasteiger partial charge in [0.05, 0.1) is 5.02 Å². The highest BCUT2D eigenvalue weighted by molar-refractivity contribution is 6.33. The molecule has 3 rings (SSSR count). The van der Waals surface area contributed by atoms with Gasteiger partial charge in [-0.05, 0) is 25.3 Å². The van der Waals surface area contributed by atoms with Crippen molar-refractivity contribution in [3.63, 3.8) is 0 Å². The second-order valence-electron chi connectivity index (χ2n) is 5.69.